The Bertz CT molecular complexity index is 514. The molecule has 0 saturated heterocycles. The number of furan rings is 1. The lowest BCUT2D eigenvalue weighted by atomic mass is 10.1. The van der Waals surface area contributed by atoms with Crippen molar-refractivity contribution in [3.05, 3.63) is 47.4 Å². The fraction of sp³-hybridized carbons (Fsp3) is 0.333. The Labute approximate surface area is 108 Å². The molecule has 0 radical (unpaired) electrons. The molecule has 0 amide bonds. The molecule has 1 aromatic heterocycles. The van der Waals surface area contributed by atoms with E-state index < -0.39 is 0 Å². The van der Waals surface area contributed by atoms with E-state index in [9.17, 15) is 0 Å². The Kier molecular flexibility index (Phi) is 3.60. The van der Waals surface area contributed by atoms with Crippen molar-refractivity contribution in [3.63, 3.8) is 0 Å². The highest BCUT2D eigenvalue weighted by Crippen LogP contribution is 2.25. The van der Waals surface area contributed by atoms with Crippen LogP contribution in [0.5, 0.6) is 5.75 Å². The second kappa shape index (κ2) is 5.17. The third-order valence-electron chi connectivity index (χ3n) is 3.02. The van der Waals surface area contributed by atoms with Gasteiger partial charge >= 0.3 is 0 Å². The van der Waals surface area contributed by atoms with Gasteiger partial charge in [0, 0.05) is 11.3 Å². The smallest absolute Gasteiger partial charge is 0.119 e. The number of methoxy groups -OCH3 is 1. The number of hydrogen-bond acceptors (Lipinski definition) is 3. The van der Waals surface area contributed by atoms with E-state index in [2.05, 4.69) is 18.3 Å². The third kappa shape index (κ3) is 2.67. The van der Waals surface area contributed by atoms with Crippen LogP contribution in [0, 0.1) is 13.8 Å². The third-order valence-corrected chi connectivity index (χ3v) is 3.02. The van der Waals surface area contributed by atoms with Gasteiger partial charge in [0.1, 0.15) is 17.3 Å². The maximum Gasteiger partial charge on any atom is 0.119 e. The van der Waals surface area contributed by atoms with Crippen LogP contribution in [0.15, 0.2) is 34.7 Å². The zero-order chi connectivity index (χ0) is 13.1. The summed E-state index contributed by atoms with van der Waals surface area (Å²) in [6.07, 6.45) is 0. The SMILES string of the molecule is COc1ccc(NC(C)c2cc(C)oc2C)cc1. The van der Waals surface area contributed by atoms with Crippen LogP contribution in [0.2, 0.25) is 0 Å². The van der Waals surface area contributed by atoms with Crippen molar-refractivity contribution in [3.8, 4) is 5.75 Å². The molecule has 3 heteroatoms. The van der Waals surface area contributed by atoms with Gasteiger partial charge in [-0.2, -0.15) is 0 Å². The van der Waals surface area contributed by atoms with Gasteiger partial charge in [-0.1, -0.05) is 0 Å². The molecule has 18 heavy (non-hydrogen) atoms. The van der Waals surface area contributed by atoms with Crippen LogP contribution in [0.3, 0.4) is 0 Å². The summed E-state index contributed by atoms with van der Waals surface area (Å²) in [5.74, 6) is 2.79. The van der Waals surface area contributed by atoms with Gasteiger partial charge in [-0.25, -0.2) is 0 Å². The van der Waals surface area contributed by atoms with E-state index in [-0.39, 0.29) is 6.04 Å². The molecule has 1 heterocycles. The van der Waals surface area contributed by atoms with Crippen molar-refractivity contribution < 1.29 is 9.15 Å². The fourth-order valence-electron chi connectivity index (χ4n) is 2.10. The number of aryl methyl sites for hydroxylation is 2. The van der Waals surface area contributed by atoms with Gasteiger partial charge in [-0.15, -0.1) is 0 Å². The van der Waals surface area contributed by atoms with Crippen LogP contribution in [0.25, 0.3) is 0 Å². The Balaban J connectivity index is 2.10. The zero-order valence-corrected chi connectivity index (χ0v) is 11.3. The zero-order valence-electron chi connectivity index (χ0n) is 11.3. The van der Waals surface area contributed by atoms with E-state index in [1.807, 2.05) is 38.1 Å². The molecule has 1 unspecified atom stereocenters. The minimum Gasteiger partial charge on any atom is -0.497 e. The summed E-state index contributed by atoms with van der Waals surface area (Å²) in [5.41, 5.74) is 2.27. The van der Waals surface area contributed by atoms with Crippen LogP contribution in [0.1, 0.15) is 30.0 Å². The molecule has 96 valence electrons. The van der Waals surface area contributed by atoms with Crippen LogP contribution < -0.4 is 10.1 Å². The lowest BCUT2D eigenvalue weighted by Gasteiger charge is -2.14. The Morgan fingerprint density at radius 1 is 1.17 bits per heavy atom. The largest absolute Gasteiger partial charge is 0.497 e. The number of hydrogen-bond donors (Lipinski definition) is 1. The van der Waals surface area contributed by atoms with E-state index in [1.165, 1.54) is 5.56 Å². The Hall–Kier alpha value is -1.90. The summed E-state index contributed by atoms with van der Waals surface area (Å²) in [4.78, 5) is 0. The van der Waals surface area contributed by atoms with Crippen LogP contribution >= 0.6 is 0 Å². The molecule has 0 fully saturated rings. The quantitative estimate of drug-likeness (QED) is 0.881. The molecule has 2 rings (SSSR count). The van der Waals surface area contributed by atoms with E-state index in [4.69, 9.17) is 9.15 Å². The maximum absolute atomic E-state index is 5.55. The highest BCUT2D eigenvalue weighted by molar-refractivity contribution is 5.48. The normalized spacial score (nSPS) is 12.2. The Morgan fingerprint density at radius 3 is 2.33 bits per heavy atom. The monoisotopic (exact) mass is 245 g/mol. The average molecular weight is 245 g/mol. The molecule has 0 aliphatic carbocycles. The second-order valence-corrected chi connectivity index (χ2v) is 4.46. The lowest BCUT2D eigenvalue weighted by molar-refractivity contribution is 0.415. The van der Waals surface area contributed by atoms with Crippen molar-refractivity contribution >= 4 is 5.69 Å². The van der Waals surface area contributed by atoms with E-state index >= 15 is 0 Å². The summed E-state index contributed by atoms with van der Waals surface area (Å²) in [5, 5.41) is 3.45. The molecule has 0 spiro atoms. The van der Waals surface area contributed by atoms with Crippen molar-refractivity contribution in [1.82, 2.24) is 0 Å². The molecule has 1 N–H and O–H groups in total. The van der Waals surface area contributed by atoms with Gasteiger partial charge in [-0.3, -0.25) is 0 Å². The summed E-state index contributed by atoms with van der Waals surface area (Å²) < 4.78 is 10.7. The number of rotatable bonds is 4. The van der Waals surface area contributed by atoms with Gasteiger partial charge in [-0.05, 0) is 51.1 Å². The molecule has 0 bridgehead atoms. The summed E-state index contributed by atoms with van der Waals surface area (Å²) in [6.45, 7) is 6.09. The molecule has 2 aromatic rings. The highest BCUT2D eigenvalue weighted by atomic mass is 16.5. The van der Waals surface area contributed by atoms with Gasteiger partial charge in [0.2, 0.25) is 0 Å². The van der Waals surface area contributed by atoms with Crippen LogP contribution in [-0.2, 0) is 0 Å². The Morgan fingerprint density at radius 2 is 1.83 bits per heavy atom. The molecule has 0 aliphatic heterocycles. The first-order valence-corrected chi connectivity index (χ1v) is 6.07. The number of ether oxygens (including phenoxy) is 1. The predicted molar refractivity (Wildman–Crippen MR) is 73.2 cm³/mol. The molecule has 1 aromatic carbocycles. The van der Waals surface area contributed by atoms with Crippen molar-refractivity contribution in [2.45, 2.75) is 26.8 Å². The first kappa shape index (κ1) is 12.6. The molecule has 0 saturated carbocycles. The predicted octanol–water partition coefficient (Wildman–Crippen LogP) is 4.08. The molecular weight excluding hydrogens is 226 g/mol. The minimum absolute atomic E-state index is 0.218. The van der Waals surface area contributed by atoms with Crippen molar-refractivity contribution in [1.29, 1.82) is 0 Å². The first-order valence-electron chi connectivity index (χ1n) is 6.07. The fourth-order valence-corrected chi connectivity index (χ4v) is 2.10. The van der Waals surface area contributed by atoms with Gasteiger partial charge in [0.15, 0.2) is 0 Å². The standard InChI is InChI=1S/C15H19NO2/c1-10-9-15(12(3)18-10)11(2)16-13-5-7-14(17-4)8-6-13/h5-9,11,16H,1-4H3. The first-order chi connectivity index (χ1) is 8.60. The molecule has 0 aliphatic rings. The summed E-state index contributed by atoms with van der Waals surface area (Å²) in [7, 11) is 1.67. The number of anilines is 1. The van der Waals surface area contributed by atoms with Crippen LogP contribution in [-0.4, -0.2) is 7.11 Å². The minimum atomic E-state index is 0.218. The van der Waals surface area contributed by atoms with Crippen molar-refractivity contribution in [2.24, 2.45) is 0 Å². The highest BCUT2D eigenvalue weighted by Gasteiger charge is 2.12. The molecule has 3 nitrogen and oxygen atoms in total. The van der Waals surface area contributed by atoms with Gasteiger partial charge in [0.25, 0.3) is 0 Å². The summed E-state index contributed by atoms with van der Waals surface area (Å²) in [6, 6.07) is 10.2. The van der Waals surface area contributed by atoms with Crippen molar-refractivity contribution in [2.75, 3.05) is 12.4 Å². The van der Waals surface area contributed by atoms with Gasteiger partial charge < -0.3 is 14.5 Å². The van der Waals surface area contributed by atoms with E-state index in [0.717, 1.165) is 23.0 Å². The van der Waals surface area contributed by atoms with Crippen LogP contribution in [0.4, 0.5) is 5.69 Å². The van der Waals surface area contributed by atoms with E-state index in [1.54, 1.807) is 7.11 Å². The van der Waals surface area contributed by atoms with E-state index in [0.29, 0.717) is 0 Å². The summed E-state index contributed by atoms with van der Waals surface area (Å²) >= 11 is 0. The molecule has 1 atom stereocenters. The maximum atomic E-state index is 5.55. The number of benzene rings is 1. The van der Waals surface area contributed by atoms with Gasteiger partial charge in [0.05, 0.1) is 13.2 Å². The molecular formula is C15H19NO2. The average Bonchev–Trinajstić information content (AvgIpc) is 2.69. The second-order valence-electron chi connectivity index (χ2n) is 4.46. The lowest BCUT2D eigenvalue weighted by Crippen LogP contribution is -2.06. The topological polar surface area (TPSA) is 34.4 Å². The number of nitrogens with one attached hydrogen (secondary N) is 1.